The van der Waals surface area contributed by atoms with Gasteiger partial charge in [0.2, 0.25) is 0 Å². The van der Waals surface area contributed by atoms with Crippen LogP contribution in [0, 0.1) is 5.82 Å². The molecule has 0 saturated heterocycles. The zero-order chi connectivity index (χ0) is 14.8. The Morgan fingerprint density at radius 3 is 2.76 bits per heavy atom. The van der Waals surface area contributed by atoms with Crippen LogP contribution in [0.25, 0.3) is 10.9 Å². The molecule has 0 fully saturated rings. The van der Waals surface area contributed by atoms with E-state index in [4.69, 9.17) is 0 Å². The van der Waals surface area contributed by atoms with Gasteiger partial charge < -0.3 is 4.74 Å². The second-order valence-electron chi connectivity index (χ2n) is 4.55. The summed E-state index contributed by atoms with van der Waals surface area (Å²) >= 11 is 0. The Balaban J connectivity index is 1.93. The molecule has 2 heterocycles. The van der Waals surface area contributed by atoms with Crippen LogP contribution in [0.1, 0.15) is 16.1 Å². The highest BCUT2D eigenvalue weighted by Crippen LogP contribution is 2.16. The first-order valence-electron chi connectivity index (χ1n) is 6.31. The predicted molar refractivity (Wildman–Crippen MR) is 74.4 cm³/mol. The zero-order valence-corrected chi connectivity index (χ0v) is 11.3. The largest absolute Gasteiger partial charge is 0.464 e. The van der Waals surface area contributed by atoms with Crippen molar-refractivity contribution in [2.45, 2.75) is 6.54 Å². The number of halogens is 1. The van der Waals surface area contributed by atoms with Gasteiger partial charge >= 0.3 is 5.97 Å². The van der Waals surface area contributed by atoms with E-state index in [2.05, 4.69) is 14.8 Å². The van der Waals surface area contributed by atoms with Crippen LogP contribution in [-0.2, 0) is 11.3 Å². The van der Waals surface area contributed by atoms with E-state index < -0.39 is 5.97 Å². The molecule has 106 valence electrons. The Morgan fingerprint density at radius 2 is 2.05 bits per heavy atom. The maximum absolute atomic E-state index is 12.9. The van der Waals surface area contributed by atoms with Crippen molar-refractivity contribution in [3.63, 3.8) is 0 Å². The number of methoxy groups -OCH3 is 1. The minimum atomic E-state index is -0.483. The van der Waals surface area contributed by atoms with Gasteiger partial charge in [0.1, 0.15) is 11.5 Å². The summed E-state index contributed by atoms with van der Waals surface area (Å²) < 4.78 is 19.3. The van der Waals surface area contributed by atoms with Gasteiger partial charge in [0.25, 0.3) is 0 Å². The molecule has 0 bridgehead atoms. The molecule has 0 aliphatic carbocycles. The van der Waals surface area contributed by atoms with Gasteiger partial charge in [-0.05, 0) is 23.8 Å². The smallest absolute Gasteiger partial charge is 0.356 e. The van der Waals surface area contributed by atoms with Crippen LogP contribution in [0.5, 0.6) is 0 Å². The van der Waals surface area contributed by atoms with Crippen LogP contribution < -0.4 is 0 Å². The Hall–Kier alpha value is -2.76. The Kier molecular flexibility index (Phi) is 3.35. The van der Waals surface area contributed by atoms with E-state index in [1.165, 1.54) is 19.2 Å². The average molecular weight is 285 g/mol. The van der Waals surface area contributed by atoms with Crippen molar-refractivity contribution in [2.75, 3.05) is 7.11 Å². The fraction of sp³-hybridized carbons (Fsp3) is 0.133. The van der Waals surface area contributed by atoms with Gasteiger partial charge in [-0.15, -0.1) is 0 Å². The third kappa shape index (κ3) is 2.60. The molecule has 5 nitrogen and oxygen atoms in total. The molecule has 0 saturated carbocycles. The van der Waals surface area contributed by atoms with E-state index in [0.717, 1.165) is 16.5 Å². The van der Waals surface area contributed by atoms with Crippen LogP contribution in [0.2, 0.25) is 0 Å². The molecule has 3 aromatic rings. The van der Waals surface area contributed by atoms with Gasteiger partial charge in [0.05, 0.1) is 31.6 Å². The second-order valence-corrected chi connectivity index (χ2v) is 4.55. The number of hydrogen-bond donors (Lipinski definition) is 0. The molecule has 21 heavy (non-hydrogen) atoms. The monoisotopic (exact) mass is 285 g/mol. The number of ether oxygens (including phenoxy) is 1. The van der Waals surface area contributed by atoms with E-state index in [9.17, 15) is 9.18 Å². The molecular formula is C15H12FN3O2. The van der Waals surface area contributed by atoms with Gasteiger partial charge in [-0.2, -0.15) is 5.10 Å². The molecule has 0 spiro atoms. The van der Waals surface area contributed by atoms with Crippen LogP contribution in [-0.4, -0.2) is 27.8 Å². The van der Waals surface area contributed by atoms with Crippen molar-refractivity contribution in [1.82, 2.24) is 14.8 Å². The summed E-state index contributed by atoms with van der Waals surface area (Å²) in [5, 5.41) is 5.07. The molecule has 1 aromatic carbocycles. The van der Waals surface area contributed by atoms with Crippen LogP contribution in [0.15, 0.2) is 42.7 Å². The van der Waals surface area contributed by atoms with E-state index in [1.54, 1.807) is 35.3 Å². The standard InChI is InChI=1S/C15H12FN3O2/c1-21-15(20)13-6-11-7-18-19(14(11)8-17-13)9-10-2-4-12(16)5-3-10/h2-8H,9H2,1H3. The number of esters is 1. The summed E-state index contributed by atoms with van der Waals surface area (Å²) in [7, 11) is 1.31. The highest BCUT2D eigenvalue weighted by Gasteiger charge is 2.10. The lowest BCUT2D eigenvalue weighted by Crippen LogP contribution is -2.05. The van der Waals surface area contributed by atoms with Gasteiger partial charge in [-0.25, -0.2) is 14.2 Å². The topological polar surface area (TPSA) is 57.0 Å². The number of pyridine rings is 1. The molecule has 0 radical (unpaired) electrons. The summed E-state index contributed by atoms with van der Waals surface area (Å²) in [5.74, 6) is -0.753. The summed E-state index contributed by atoms with van der Waals surface area (Å²) in [6, 6.07) is 7.87. The maximum atomic E-state index is 12.9. The highest BCUT2D eigenvalue weighted by molar-refractivity contribution is 5.91. The second kappa shape index (κ2) is 5.32. The number of hydrogen-bond acceptors (Lipinski definition) is 4. The lowest BCUT2D eigenvalue weighted by molar-refractivity contribution is 0.0594. The Bertz CT molecular complexity index is 796. The van der Waals surface area contributed by atoms with Crippen LogP contribution in [0.4, 0.5) is 4.39 Å². The van der Waals surface area contributed by atoms with Crippen molar-refractivity contribution in [3.8, 4) is 0 Å². The fourth-order valence-corrected chi connectivity index (χ4v) is 2.08. The van der Waals surface area contributed by atoms with Gasteiger partial charge in [0.15, 0.2) is 0 Å². The number of carbonyl (C=O) groups is 1. The lowest BCUT2D eigenvalue weighted by Gasteiger charge is -2.04. The Morgan fingerprint density at radius 1 is 1.29 bits per heavy atom. The molecule has 0 amide bonds. The van der Waals surface area contributed by atoms with Gasteiger partial charge in [-0.3, -0.25) is 4.68 Å². The van der Waals surface area contributed by atoms with E-state index in [1.807, 2.05) is 0 Å². The summed E-state index contributed by atoms with van der Waals surface area (Å²) in [4.78, 5) is 15.5. The average Bonchev–Trinajstić information content (AvgIpc) is 2.91. The first kappa shape index (κ1) is 13.2. The van der Waals surface area contributed by atoms with Gasteiger partial charge in [0, 0.05) is 5.39 Å². The first-order chi connectivity index (χ1) is 10.2. The van der Waals surface area contributed by atoms with Crippen LogP contribution in [0.3, 0.4) is 0 Å². The molecule has 0 unspecified atom stereocenters. The van der Waals surface area contributed by atoms with Crippen molar-refractivity contribution >= 4 is 16.9 Å². The third-order valence-electron chi connectivity index (χ3n) is 3.17. The first-order valence-corrected chi connectivity index (χ1v) is 6.31. The molecular weight excluding hydrogens is 273 g/mol. The molecule has 0 aliphatic rings. The van der Waals surface area contributed by atoms with Gasteiger partial charge in [-0.1, -0.05) is 12.1 Å². The normalized spacial score (nSPS) is 10.8. The van der Waals surface area contributed by atoms with Crippen molar-refractivity contribution in [2.24, 2.45) is 0 Å². The number of rotatable bonds is 3. The minimum Gasteiger partial charge on any atom is -0.464 e. The minimum absolute atomic E-state index is 0.242. The molecule has 0 N–H and O–H groups in total. The fourth-order valence-electron chi connectivity index (χ4n) is 2.08. The highest BCUT2D eigenvalue weighted by atomic mass is 19.1. The molecule has 2 aromatic heterocycles. The molecule has 0 atom stereocenters. The summed E-state index contributed by atoms with van der Waals surface area (Å²) in [6.45, 7) is 0.503. The number of nitrogens with zero attached hydrogens (tertiary/aromatic N) is 3. The number of aromatic nitrogens is 3. The zero-order valence-electron chi connectivity index (χ0n) is 11.3. The summed E-state index contributed by atoms with van der Waals surface area (Å²) in [6.07, 6.45) is 3.24. The molecule has 3 rings (SSSR count). The van der Waals surface area contributed by atoms with E-state index in [0.29, 0.717) is 6.54 Å². The van der Waals surface area contributed by atoms with E-state index >= 15 is 0 Å². The number of benzene rings is 1. The van der Waals surface area contributed by atoms with Crippen molar-refractivity contribution in [3.05, 3.63) is 59.8 Å². The molecule has 6 heteroatoms. The Labute approximate surface area is 120 Å². The van der Waals surface area contributed by atoms with Crippen LogP contribution >= 0.6 is 0 Å². The number of carbonyl (C=O) groups excluding carboxylic acids is 1. The maximum Gasteiger partial charge on any atom is 0.356 e. The van der Waals surface area contributed by atoms with Crippen molar-refractivity contribution in [1.29, 1.82) is 0 Å². The quantitative estimate of drug-likeness (QED) is 0.693. The van der Waals surface area contributed by atoms with Crippen molar-refractivity contribution < 1.29 is 13.9 Å². The van der Waals surface area contributed by atoms with E-state index in [-0.39, 0.29) is 11.5 Å². The SMILES string of the molecule is COC(=O)c1cc2cnn(Cc3ccc(F)cc3)c2cn1. The lowest BCUT2D eigenvalue weighted by atomic mass is 10.2. The predicted octanol–water partition coefficient (Wildman–Crippen LogP) is 2.41. The molecule has 0 aliphatic heterocycles. The number of fused-ring (bicyclic) bond motifs is 1. The summed E-state index contributed by atoms with van der Waals surface area (Å²) in [5.41, 5.74) is 1.97. The third-order valence-corrected chi connectivity index (χ3v) is 3.17.